The van der Waals surface area contributed by atoms with Crippen molar-refractivity contribution in [3.05, 3.63) is 95.7 Å². The van der Waals surface area contributed by atoms with Crippen LogP contribution in [-0.2, 0) is 11.3 Å². The molecule has 2 heterocycles. The molecule has 0 fully saturated rings. The number of fused-ring (bicyclic) bond motifs is 1. The highest BCUT2D eigenvalue weighted by Crippen LogP contribution is 2.20. The Morgan fingerprint density at radius 1 is 1.12 bits per heavy atom. The van der Waals surface area contributed by atoms with Crippen LogP contribution in [0.5, 0.6) is 0 Å². The zero-order chi connectivity index (χ0) is 22.5. The number of halogens is 1. The lowest BCUT2D eigenvalue weighted by Gasteiger charge is -2.09. The molecule has 0 aliphatic rings. The summed E-state index contributed by atoms with van der Waals surface area (Å²) in [7, 11) is 0. The smallest absolute Gasteiger partial charge is 0.255 e. The van der Waals surface area contributed by atoms with Crippen molar-refractivity contribution >= 4 is 34.9 Å². The molecule has 0 spiro atoms. The molecule has 0 saturated heterocycles. The molecule has 0 radical (unpaired) electrons. The SMILES string of the molecule is Nc1cc(F)ccc1NC(=O)c1ccc(CNC(=O)/C=C/c2cnc3cccnn23)cc1. The zero-order valence-electron chi connectivity index (χ0n) is 16.8. The quantitative estimate of drug-likeness (QED) is 0.321. The predicted octanol–water partition coefficient (Wildman–Crippen LogP) is 3.03. The summed E-state index contributed by atoms with van der Waals surface area (Å²) in [6.07, 6.45) is 6.32. The van der Waals surface area contributed by atoms with Crippen LogP contribution in [0.15, 0.2) is 73.1 Å². The Hall–Kier alpha value is -4.53. The number of hydrogen-bond acceptors (Lipinski definition) is 5. The number of benzene rings is 2. The Bertz CT molecular complexity index is 1310. The highest BCUT2D eigenvalue weighted by Gasteiger charge is 2.09. The Morgan fingerprint density at radius 2 is 1.94 bits per heavy atom. The van der Waals surface area contributed by atoms with Gasteiger partial charge in [0.2, 0.25) is 5.91 Å². The van der Waals surface area contributed by atoms with E-state index in [1.807, 2.05) is 6.07 Å². The minimum atomic E-state index is -0.475. The summed E-state index contributed by atoms with van der Waals surface area (Å²) >= 11 is 0. The van der Waals surface area contributed by atoms with Crippen molar-refractivity contribution in [2.24, 2.45) is 0 Å². The summed E-state index contributed by atoms with van der Waals surface area (Å²) in [5.41, 5.74) is 8.80. The molecule has 8 nitrogen and oxygen atoms in total. The number of nitrogen functional groups attached to an aromatic ring is 1. The molecule has 4 rings (SSSR count). The van der Waals surface area contributed by atoms with Gasteiger partial charge in [-0.2, -0.15) is 5.10 Å². The molecule has 4 aromatic rings. The molecular formula is C23H19FN6O2. The van der Waals surface area contributed by atoms with Crippen molar-refractivity contribution in [3.8, 4) is 0 Å². The molecule has 0 atom stereocenters. The number of carbonyl (C=O) groups is 2. The average Bonchev–Trinajstić information content (AvgIpc) is 3.21. The number of nitrogens with zero attached hydrogens (tertiary/aromatic N) is 3. The third-order valence-electron chi connectivity index (χ3n) is 4.65. The lowest BCUT2D eigenvalue weighted by molar-refractivity contribution is -0.116. The summed E-state index contributed by atoms with van der Waals surface area (Å²) in [6.45, 7) is 0.293. The largest absolute Gasteiger partial charge is 0.397 e. The highest BCUT2D eigenvalue weighted by molar-refractivity contribution is 6.05. The lowest BCUT2D eigenvalue weighted by Crippen LogP contribution is -2.20. The Morgan fingerprint density at radius 3 is 2.72 bits per heavy atom. The Kier molecular flexibility index (Phi) is 5.89. The second kappa shape index (κ2) is 9.09. The van der Waals surface area contributed by atoms with Gasteiger partial charge in [0.15, 0.2) is 5.65 Å². The van der Waals surface area contributed by atoms with E-state index in [1.165, 1.54) is 18.2 Å². The third kappa shape index (κ3) is 4.78. The van der Waals surface area contributed by atoms with Crippen LogP contribution in [0.25, 0.3) is 11.7 Å². The number of anilines is 2. The monoisotopic (exact) mass is 430 g/mol. The minimum Gasteiger partial charge on any atom is -0.397 e. The average molecular weight is 430 g/mol. The van der Waals surface area contributed by atoms with Gasteiger partial charge < -0.3 is 16.4 Å². The summed E-state index contributed by atoms with van der Waals surface area (Å²) in [6, 6.07) is 14.1. The Labute approximate surface area is 182 Å². The minimum absolute atomic E-state index is 0.144. The number of nitrogens with two attached hydrogens (primary N) is 1. The van der Waals surface area contributed by atoms with Gasteiger partial charge in [0.05, 0.1) is 23.3 Å². The van der Waals surface area contributed by atoms with Gasteiger partial charge in [-0.1, -0.05) is 12.1 Å². The molecule has 0 bridgehead atoms. The molecular weight excluding hydrogens is 411 g/mol. The van der Waals surface area contributed by atoms with Gasteiger partial charge in [-0.05, 0) is 54.1 Å². The van der Waals surface area contributed by atoms with Crippen LogP contribution in [0.2, 0.25) is 0 Å². The topological polar surface area (TPSA) is 114 Å². The number of aromatic nitrogens is 3. The molecule has 0 aliphatic carbocycles. The second-order valence-electron chi connectivity index (χ2n) is 6.91. The summed E-state index contributed by atoms with van der Waals surface area (Å²) in [5.74, 6) is -1.12. The maximum absolute atomic E-state index is 13.1. The van der Waals surface area contributed by atoms with Gasteiger partial charge in [0.25, 0.3) is 5.91 Å². The molecule has 160 valence electrons. The van der Waals surface area contributed by atoms with Crippen LogP contribution < -0.4 is 16.4 Å². The van der Waals surface area contributed by atoms with Crippen molar-refractivity contribution in [1.29, 1.82) is 0 Å². The fourth-order valence-electron chi connectivity index (χ4n) is 2.99. The van der Waals surface area contributed by atoms with Crippen LogP contribution in [-0.4, -0.2) is 26.4 Å². The van der Waals surface area contributed by atoms with Gasteiger partial charge in [-0.3, -0.25) is 9.59 Å². The van der Waals surface area contributed by atoms with Gasteiger partial charge in [0, 0.05) is 24.4 Å². The molecule has 4 N–H and O–H groups in total. The van der Waals surface area contributed by atoms with E-state index in [0.29, 0.717) is 29.1 Å². The normalized spacial score (nSPS) is 11.0. The molecule has 0 aliphatic heterocycles. The maximum atomic E-state index is 13.1. The first-order valence-electron chi connectivity index (χ1n) is 9.69. The van der Waals surface area contributed by atoms with E-state index in [2.05, 4.69) is 20.7 Å². The fourth-order valence-corrected chi connectivity index (χ4v) is 2.99. The second-order valence-corrected chi connectivity index (χ2v) is 6.91. The van der Waals surface area contributed by atoms with Crippen molar-refractivity contribution < 1.29 is 14.0 Å². The van der Waals surface area contributed by atoms with Crippen molar-refractivity contribution in [1.82, 2.24) is 19.9 Å². The first kappa shape index (κ1) is 20.7. The first-order chi connectivity index (χ1) is 15.5. The number of nitrogens with one attached hydrogen (secondary N) is 2. The molecule has 0 saturated carbocycles. The number of imidazole rings is 1. The molecule has 9 heteroatoms. The van der Waals surface area contributed by atoms with Crippen LogP contribution in [0.1, 0.15) is 21.6 Å². The number of rotatable bonds is 6. The zero-order valence-corrected chi connectivity index (χ0v) is 16.8. The molecule has 2 aromatic carbocycles. The van der Waals surface area contributed by atoms with Crippen molar-refractivity contribution in [3.63, 3.8) is 0 Å². The number of amides is 2. The number of carbonyl (C=O) groups excluding carboxylic acids is 2. The summed E-state index contributed by atoms with van der Waals surface area (Å²) < 4.78 is 14.8. The van der Waals surface area contributed by atoms with Gasteiger partial charge in [-0.15, -0.1) is 0 Å². The van der Waals surface area contributed by atoms with Gasteiger partial charge in [-0.25, -0.2) is 13.9 Å². The van der Waals surface area contributed by atoms with E-state index >= 15 is 0 Å². The van der Waals surface area contributed by atoms with Gasteiger partial charge in [0.1, 0.15) is 5.82 Å². The molecule has 2 aromatic heterocycles. The highest BCUT2D eigenvalue weighted by atomic mass is 19.1. The van der Waals surface area contributed by atoms with Crippen molar-refractivity contribution in [2.45, 2.75) is 6.54 Å². The molecule has 32 heavy (non-hydrogen) atoms. The molecule has 0 unspecified atom stereocenters. The lowest BCUT2D eigenvalue weighted by atomic mass is 10.1. The van der Waals surface area contributed by atoms with E-state index in [-0.39, 0.29) is 17.5 Å². The summed E-state index contributed by atoms with van der Waals surface area (Å²) in [4.78, 5) is 28.7. The van der Waals surface area contributed by atoms with E-state index in [4.69, 9.17) is 5.73 Å². The van der Waals surface area contributed by atoms with Gasteiger partial charge >= 0.3 is 0 Å². The number of hydrogen-bond donors (Lipinski definition) is 3. The Balaban J connectivity index is 1.32. The molecule has 2 amide bonds. The van der Waals surface area contributed by atoms with E-state index in [9.17, 15) is 14.0 Å². The van der Waals surface area contributed by atoms with Crippen LogP contribution in [0, 0.1) is 5.82 Å². The standard InChI is InChI=1S/C23H19FN6O2/c24-17-7-9-20(19(25)12-17)29-23(32)16-5-3-15(4-6-16)13-27-22(31)10-8-18-14-26-21-2-1-11-28-30(18)21/h1-12,14H,13,25H2,(H,27,31)(H,29,32)/b10-8+. The first-order valence-corrected chi connectivity index (χ1v) is 9.69. The van der Waals surface area contributed by atoms with Crippen molar-refractivity contribution in [2.75, 3.05) is 11.1 Å². The van der Waals surface area contributed by atoms with E-state index < -0.39 is 5.82 Å². The predicted molar refractivity (Wildman–Crippen MR) is 119 cm³/mol. The van der Waals surface area contributed by atoms with Crippen LogP contribution >= 0.6 is 0 Å². The van der Waals surface area contributed by atoms with E-state index in [0.717, 1.165) is 11.6 Å². The van der Waals surface area contributed by atoms with Crippen LogP contribution in [0.4, 0.5) is 15.8 Å². The third-order valence-corrected chi connectivity index (χ3v) is 4.65. The maximum Gasteiger partial charge on any atom is 0.255 e. The van der Waals surface area contributed by atoms with E-state index in [1.54, 1.807) is 53.3 Å². The van der Waals surface area contributed by atoms with Crippen LogP contribution in [0.3, 0.4) is 0 Å². The summed E-state index contributed by atoms with van der Waals surface area (Å²) in [5, 5.41) is 9.61. The fraction of sp³-hybridized carbons (Fsp3) is 0.0435.